The Kier molecular flexibility index (Phi) is 6.18. The Morgan fingerprint density at radius 1 is 0.971 bits per heavy atom. The molecule has 1 aliphatic heterocycles. The molecule has 0 bridgehead atoms. The maximum atomic E-state index is 13.4. The number of carbonyl (C=O) groups excluding carboxylic acids is 1. The molecular formula is C25H23N5O3S. The van der Waals surface area contributed by atoms with Crippen LogP contribution in [0.1, 0.15) is 15.9 Å². The number of aromatic nitrogens is 2. The largest absolute Gasteiger partial charge is 0.362 e. The maximum absolute atomic E-state index is 13.4. The number of amides is 1. The molecule has 1 N–H and O–H groups in total. The third-order valence-electron chi connectivity index (χ3n) is 5.97. The molecule has 3 aromatic carbocycles. The Morgan fingerprint density at radius 2 is 1.68 bits per heavy atom. The van der Waals surface area contributed by atoms with Crippen LogP contribution in [0.3, 0.4) is 0 Å². The standard InChI is InChI=1S/C25H23N5O3S/c31-24(29-15-13-28(14-16-29)22-11-5-6-12-23(22)30(32)33)19-8-2-1-7-18(19)17-34-25-26-20-9-3-4-10-21(20)27-25/h1-12H,13-17H2,(H,26,27). The van der Waals surface area contributed by atoms with E-state index >= 15 is 0 Å². The summed E-state index contributed by atoms with van der Waals surface area (Å²) < 4.78 is 0. The Hall–Kier alpha value is -3.85. The molecule has 1 amide bonds. The molecule has 0 saturated carbocycles. The number of imidazole rings is 1. The number of anilines is 1. The van der Waals surface area contributed by atoms with Gasteiger partial charge in [0.05, 0.1) is 16.0 Å². The third kappa shape index (κ3) is 4.47. The first kappa shape index (κ1) is 22.0. The van der Waals surface area contributed by atoms with Gasteiger partial charge in [0.1, 0.15) is 5.69 Å². The Balaban J connectivity index is 1.26. The van der Waals surface area contributed by atoms with Crippen LogP contribution in [0.4, 0.5) is 11.4 Å². The maximum Gasteiger partial charge on any atom is 0.292 e. The first-order valence-corrected chi connectivity index (χ1v) is 12.0. The molecule has 172 valence electrons. The number of nitro benzene ring substituents is 1. The number of benzene rings is 3. The molecule has 2 heterocycles. The minimum atomic E-state index is -0.358. The van der Waals surface area contributed by atoms with Crippen LogP contribution in [0, 0.1) is 10.1 Å². The molecule has 0 unspecified atom stereocenters. The number of carbonyl (C=O) groups is 1. The normalized spacial score (nSPS) is 13.9. The van der Waals surface area contributed by atoms with Crippen LogP contribution in [0.15, 0.2) is 78.0 Å². The van der Waals surface area contributed by atoms with E-state index in [0.29, 0.717) is 43.2 Å². The summed E-state index contributed by atoms with van der Waals surface area (Å²) in [7, 11) is 0. The van der Waals surface area contributed by atoms with Crippen LogP contribution >= 0.6 is 11.8 Å². The third-order valence-corrected chi connectivity index (χ3v) is 6.89. The van der Waals surface area contributed by atoms with Crippen LogP contribution in [0.5, 0.6) is 0 Å². The average Bonchev–Trinajstić information content (AvgIpc) is 3.30. The van der Waals surface area contributed by atoms with E-state index in [-0.39, 0.29) is 16.5 Å². The lowest BCUT2D eigenvalue weighted by atomic mass is 10.1. The van der Waals surface area contributed by atoms with Crippen LogP contribution in [0.2, 0.25) is 0 Å². The molecule has 0 radical (unpaired) electrons. The predicted molar refractivity (Wildman–Crippen MR) is 133 cm³/mol. The van der Waals surface area contributed by atoms with Crippen molar-refractivity contribution in [2.45, 2.75) is 10.9 Å². The van der Waals surface area contributed by atoms with E-state index in [9.17, 15) is 14.9 Å². The highest BCUT2D eigenvalue weighted by Gasteiger charge is 2.27. The first-order valence-electron chi connectivity index (χ1n) is 11.0. The number of aromatic amines is 1. The highest BCUT2D eigenvalue weighted by Crippen LogP contribution is 2.29. The zero-order chi connectivity index (χ0) is 23.5. The van der Waals surface area contributed by atoms with Gasteiger partial charge in [-0.2, -0.15) is 0 Å². The molecular weight excluding hydrogens is 450 g/mol. The lowest BCUT2D eigenvalue weighted by Gasteiger charge is -2.36. The Labute approximate surface area is 200 Å². The smallest absolute Gasteiger partial charge is 0.292 e. The van der Waals surface area contributed by atoms with Gasteiger partial charge in [0.15, 0.2) is 5.16 Å². The van der Waals surface area contributed by atoms with Crippen molar-refractivity contribution in [1.82, 2.24) is 14.9 Å². The first-order chi connectivity index (χ1) is 16.6. The second-order valence-electron chi connectivity index (χ2n) is 8.03. The summed E-state index contributed by atoms with van der Waals surface area (Å²) in [5.41, 5.74) is 4.25. The number of piperazine rings is 1. The molecule has 0 aliphatic carbocycles. The Morgan fingerprint density at radius 3 is 2.47 bits per heavy atom. The highest BCUT2D eigenvalue weighted by atomic mass is 32.2. The van der Waals surface area contributed by atoms with E-state index in [1.807, 2.05) is 58.3 Å². The molecule has 9 heteroatoms. The molecule has 34 heavy (non-hydrogen) atoms. The SMILES string of the molecule is O=C(c1ccccc1CSc1nc2ccccc2[nH]1)N1CCN(c2ccccc2[N+](=O)[O-])CC1. The van der Waals surface area contributed by atoms with E-state index in [1.165, 1.54) is 6.07 Å². The molecule has 4 aromatic rings. The number of thioether (sulfide) groups is 1. The number of rotatable bonds is 6. The van der Waals surface area contributed by atoms with E-state index in [4.69, 9.17) is 0 Å². The van der Waals surface area contributed by atoms with Crippen molar-refractivity contribution in [3.63, 3.8) is 0 Å². The number of nitrogens with zero attached hydrogens (tertiary/aromatic N) is 4. The van der Waals surface area contributed by atoms with Gasteiger partial charge in [-0.25, -0.2) is 4.98 Å². The zero-order valence-electron chi connectivity index (χ0n) is 18.4. The van der Waals surface area contributed by atoms with Gasteiger partial charge >= 0.3 is 0 Å². The summed E-state index contributed by atoms with van der Waals surface area (Å²) in [5, 5.41) is 12.2. The highest BCUT2D eigenvalue weighted by molar-refractivity contribution is 7.98. The van der Waals surface area contributed by atoms with Gasteiger partial charge in [0.25, 0.3) is 11.6 Å². The molecule has 1 fully saturated rings. The topological polar surface area (TPSA) is 95.4 Å². The fourth-order valence-electron chi connectivity index (χ4n) is 4.21. The number of nitrogens with one attached hydrogen (secondary N) is 1. The van der Waals surface area contributed by atoms with Gasteiger partial charge in [0, 0.05) is 43.6 Å². The van der Waals surface area contributed by atoms with Crippen molar-refractivity contribution in [2.24, 2.45) is 0 Å². The predicted octanol–water partition coefficient (Wildman–Crippen LogP) is 4.73. The molecule has 1 aromatic heterocycles. The summed E-state index contributed by atoms with van der Waals surface area (Å²) in [6.45, 7) is 2.12. The number of nitro groups is 1. The summed E-state index contributed by atoms with van der Waals surface area (Å²) in [6.07, 6.45) is 0. The van der Waals surface area contributed by atoms with Crippen LogP contribution in [0.25, 0.3) is 11.0 Å². The fraction of sp³-hybridized carbons (Fsp3) is 0.200. The van der Waals surface area contributed by atoms with Crippen LogP contribution < -0.4 is 4.90 Å². The molecule has 0 atom stereocenters. The lowest BCUT2D eigenvalue weighted by Crippen LogP contribution is -2.49. The summed E-state index contributed by atoms with van der Waals surface area (Å²) in [4.78, 5) is 36.1. The van der Waals surface area contributed by atoms with Crippen molar-refractivity contribution < 1.29 is 9.72 Å². The van der Waals surface area contributed by atoms with Crippen molar-refractivity contribution in [1.29, 1.82) is 0 Å². The van der Waals surface area contributed by atoms with Crippen molar-refractivity contribution in [2.75, 3.05) is 31.1 Å². The van der Waals surface area contributed by atoms with E-state index in [1.54, 1.807) is 30.0 Å². The average molecular weight is 474 g/mol. The van der Waals surface area contributed by atoms with Crippen LogP contribution in [-0.4, -0.2) is 51.9 Å². The van der Waals surface area contributed by atoms with Crippen molar-refractivity contribution in [3.8, 4) is 0 Å². The number of H-pyrrole nitrogens is 1. The van der Waals surface area contributed by atoms with Gasteiger partial charge in [-0.15, -0.1) is 0 Å². The minimum Gasteiger partial charge on any atom is -0.362 e. The number of hydrogen-bond acceptors (Lipinski definition) is 6. The molecule has 1 aliphatic rings. The second kappa shape index (κ2) is 9.56. The number of hydrogen-bond donors (Lipinski definition) is 1. The van der Waals surface area contributed by atoms with Crippen molar-refractivity contribution >= 4 is 40.1 Å². The second-order valence-corrected chi connectivity index (χ2v) is 8.99. The van der Waals surface area contributed by atoms with Gasteiger partial charge in [-0.3, -0.25) is 14.9 Å². The minimum absolute atomic E-state index is 0.0111. The molecule has 1 saturated heterocycles. The number of para-hydroxylation sites is 4. The molecule has 8 nitrogen and oxygen atoms in total. The van der Waals surface area contributed by atoms with E-state index < -0.39 is 0 Å². The van der Waals surface area contributed by atoms with Gasteiger partial charge in [-0.1, -0.05) is 54.2 Å². The van der Waals surface area contributed by atoms with Gasteiger partial charge < -0.3 is 14.8 Å². The summed E-state index contributed by atoms with van der Waals surface area (Å²) >= 11 is 1.57. The number of fused-ring (bicyclic) bond motifs is 1. The van der Waals surface area contributed by atoms with E-state index in [0.717, 1.165) is 21.8 Å². The van der Waals surface area contributed by atoms with Gasteiger partial charge in [-0.05, 0) is 29.8 Å². The van der Waals surface area contributed by atoms with Crippen molar-refractivity contribution in [3.05, 3.63) is 94.0 Å². The Bertz CT molecular complexity index is 1310. The lowest BCUT2D eigenvalue weighted by molar-refractivity contribution is -0.384. The molecule has 5 rings (SSSR count). The summed E-state index contributed by atoms with van der Waals surface area (Å²) in [6, 6.07) is 22.3. The summed E-state index contributed by atoms with van der Waals surface area (Å²) in [5.74, 6) is 0.612. The fourth-order valence-corrected chi connectivity index (χ4v) is 5.09. The quantitative estimate of drug-likeness (QED) is 0.247. The van der Waals surface area contributed by atoms with Gasteiger partial charge in [0.2, 0.25) is 0 Å². The zero-order valence-corrected chi connectivity index (χ0v) is 19.2. The van der Waals surface area contributed by atoms with E-state index in [2.05, 4.69) is 9.97 Å². The van der Waals surface area contributed by atoms with Crippen LogP contribution in [-0.2, 0) is 5.75 Å². The monoisotopic (exact) mass is 473 g/mol. The molecule has 0 spiro atoms.